The summed E-state index contributed by atoms with van der Waals surface area (Å²) in [7, 11) is 0. The number of aryl methyl sites for hydroxylation is 2. The van der Waals surface area contributed by atoms with Gasteiger partial charge in [-0.2, -0.15) is 11.3 Å². The minimum absolute atomic E-state index is 0.155. The zero-order valence-corrected chi connectivity index (χ0v) is 19.1. The Balaban J connectivity index is 1.41. The number of unbranched alkanes of at least 4 members (excludes halogenated alkanes) is 3. The van der Waals surface area contributed by atoms with Crippen molar-refractivity contribution < 1.29 is 24.2 Å². The number of benzene rings is 1. The summed E-state index contributed by atoms with van der Waals surface area (Å²) in [6.07, 6.45) is 8.41. The Labute approximate surface area is 188 Å². The molecular formula is C25H32O5S. The van der Waals surface area contributed by atoms with Crippen LogP contribution in [-0.2, 0) is 24.1 Å². The summed E-state index contributed by atoms with van der Waals surface area (Å²) in [5.41, 5.74) is 4.21. The van der Waals surface area contributed by atoms with Gasteiger partial charge in [0.2, 0.25) is 0 Å². The Hall–Kier alpha value is -2.34. The van der Waals surface area contributed by atoms with Gasteiger partial charge in [0.25, 0.3) is 0 Å². The first kappa shape index (κ1) is 23.3. The molecule has 1 aliphatic heterocycles. The first-order valence-corrected chi connectivity index (χ1v) is 12.2. The number of ketones is 1. The van der Waals surface area contributed by atoms with Crippen LogP contribution in [-0.4, -0.2) is 30.1 Å². The van der Waals surface area contributed by atoms with Gasteiger partial charge in [-0.25, -0.2) is 0 Å². The van der Waals surface area contributed by atoms with Crippen molar-refractivity contribution in [1.29, 1.82) is 0 Å². The minimum atomic E-state index is -0.740. The molecule has 3 rings (SSSR count). The second kappa shape index (κ2) is 11.9. The molecule has 0 saturated heterocycles. The largest absolute Gasteiger partial charge is 0.493 e. The third-order valence-electron chi connectivity index (χ3n) is 5.63. The van der Waals surface area contributed by atoms with Gasteiger partial charge in [0.1, 0.15) is 11.5 Å². The highest BCUT2D eigenvalue weighted by atomic mass is 32.1. The molecule has 1 N–H and O–H groups in total. The molecule has 1 aliphatic rings. The van der Waals surface area contributed by atoms with E-state index in [0.29, 0.717) is 31.6 Å². The maximum absolute atomic E-state index is 12.1. The first-order chi connectivity index (χ1) is 15.1. The van der Waals surface area contributed by atoms with Crippen LogP contribution in [0.25, 0.3) is 0 Å². The molecule has 0 fully saturated rings. The SMILES string of the molecule is CCCc1c(OCCCCCCc2cscc2CCC(=O)O)ccc2c1OCCC2=O. The average Bonchev–Trinajstić information content (AvgIpc) is 3.20. The topological polar surface area (TPSA) is 72.8 Å². The van der Waals surface area contributed by atoms with Crippen molar-refractivity contribution in [2.24, 2.45) is 0 Å². The highest BCUT2D eigenvalue weighted by Gasteiger charge is 2.23. The van der Waals surface area contributed by atoms with E-state index in [1.807, 2.05) is 12.1 Å². The summed E-state index contributed by atoms with van der Waals surface area (Å²) in [5.74, 6) is 0.986. The van der Waals surface area contributed by atoms with Crippen molar-refractivity contribution in [3.05, 3.63) is 45.1 Å². The Morgan fingerprint density at radius 2 is 1.87 bits per heavy atom. The van der Waals surface area contributed by atoms with Crippen LogP contribution < -0.4 is 9.47 Å². The summed E-state index contributed by atoms with van der Waals surface area (Å²) < 4.78 is 11.9. The highest BCUT2D eigenvalue weighted by Crippen LogP contribution is 2.36. The van der Waals surface area contributed by atoms with Crippen LogP contribution in [0.2, 0.25) is 0 Å². The number of hydrogen-bond acceptors (Lipinski definition) is 5. The molecule has 0 amide bonds. The molecule has 0 unspecified atom stereocenters. The molecule has 0 saturated carbocycles. The third kappa shape index (κ3) is 6.57. The van der Waals surface area contributed by atoms with E-state index in [4.69, 9.17) is 14.6 Å². The molecule has 2 aromatic rings. The molecule has 0 radical (unpaired) electrons. The van der Waals surface area contributed by atoms with E-state index in [2.05, 4.69) is 17.7 Å². The lowest BCUT2D eigenvalue weighted by Gasteiger charge is -2.22. The molecule has 0 bridgehead atoms. The molecule has 31 heavy (non-hydrogen) atoms. The number of rotatable bonds is 13. The van der Waals surface area contributed by atoms with Crippen molar-refractivity contribution in [2.45, 2.75) is 71.1 Å². The summed E-state index contributed by atoms with van der Waals surface area (Å²) in [5, 5.41) is 13.1. The smallest absolute Gasteiger partial charge is 0.303 e. The van der Waals surface area contributed by atoms with Crippen LogP contribution in [0.15, 0.2) is 22.9 Å². The monoisotopic (exact) mass is 444 g/mol. The van der Waals surface area contributed by atoms with Gasteiger partial charge in [0, 0.05) is 18.4 Å². The number of carboxylic acids is 1. The minimum Gasteiger partial charge on any atom is -0.493 e. The third-order valence-corrected chi connectivity index (χ3v) is 6.47. The standard InChI is InChI=1S/C25H32O5S/c1-2-7-21-23(11-10-20-22(26)13-15-30-25(20)21)29-14-6-4-3-5-8-18-16-31-17-19(18)9-12-24(27)28/h10-11,16-17H,2-9,12-15H2,1H3,(H,27,28). The van der Waals surface area contributed by atoms with E-state index in [9.17, 15) is 9.59 Å². The number of carboxylic acid groups (broad SMARTS) is 1. The van der Waals surface area contributed by atoms with Crippen LogP contribution in [0.1, 0.15) is 78.9 Å². The van der Waals surface area contributed by atoms with E-state index in [1.165, 1.54) is 11.1 Å². The zero-order chi connectivity index (χ0) is 22.1. The molecule has 6 heteroatoms. The maximum atomic E-state index is 12.1. The highest BCUT2D eigenvalue weighted by molar-refractivity contribution is 7.08. The van der Waals surface area contributed by atoms with Crippen molar-refractivity contribution in [3.63, 3.8) is 0 Å². The second-order valence-electron chi connectivity index (χ2n) is 8.02. The Morgan fingerprint density at radius 3 is 2.65 bits per heavy atom. The number of aliphatic carboxylic acids is 1. The molecular weight excluding hydrogens is 412 g/mol. The number of Topliss-reactive ketones (excluding diaryl/α,β-unsaturated/α-hetero) is 1. The maximum Gasteiger partial charge on any atom is 0.303 e. The van der Waals surface area contributed by atoms with Gasteiger partial charge >= 0.3 is 5.97 Å². The number of hydrogen-bond donors (Lipinski definition) is 1. The molecule has 0 spiro atoms. The van der Waals surface area contributed by atoms with Gasteiger partial charge in [-0.3, -0.25) is 9.59 Å². The van der Waals surface area contributed by atoms with Gasteiger partial charge in [-0.1, -0.05) is 26.2 Å². The van der Waals surface area contributed by atoms with Crippen LogP contribution in [0.5, 0.6) is 11.5 Å². The number of carbonyl (C=O) groups is 2. The zero-order valence-electron chi connectivity index (χ0n) is 18.3. The first-order valence-electron chi connectivity index (χ1n) is 11.3. The Bertz CT molecular complexity index is 886. The normalized spacial score (nSPS) is 13.0. The van der Waals surface area contributed by atoms with E-state index in [-0.39, 0.29) is 12.2 Å². The predicted octanol–water partition coefficient (Wildman–Crippen LogP) is 5.86. The lowest BCUT2D eigenvalue weighted by atomic mass is 9.98. The van der Waals surface area contributed by atoms with Crippen LogP contribution in [0, 0.1) is 0 Å². The number of fused-ring (bicyclic) bond motifs is 1. The van der Waals surface area contributed by atoms with Crippen LogP contribution in [0.3, 0.4) is 0 Å². The summed E-state index contributed by atoms with van der Waals surface area (Å²) in [6.45, 7) is 3.23. The fourth-order valence-electron chi connectivity index (χ4n) is 3.98. The fraction of sp³-hybridized carbons (Fsp3) is 0.520. The second-order valence-corrected chi connectivity index (χ2v) is 8.76. The van der Waals surface area contributed by atoms with Crippen molar-refractivity contribution in [1.82, 2.24) is 0 Å². The number of ether oxygens (including phenoxy) is 2. The quantitative estimate of drug-likeness (QED) is 0.392. The van der Waals surface area contributed by atoms with E-state index in [1.54, 1.807) is 11.3 Å². The summed E-state index contributed by atoms with van der Waals surface area (Å²) in [4.78, 5) is 22.9. The van der Waals surface area contributed by atoms with Gasteiger partial charge in [-0.15, -0.1) is 0 Å². The van der Waals surface area contributed by atoms with Crippen LogP contribution >= 0.6 is 11.3 Å². The van der Waals surface area contributed by atoms with E-state index < -0.39 is 5.97 Å². The lowest BCUT2D eigenvalue weighted by Crippen LogP contribution is -2.17. The molecule has 1 aromatic carbocycles. The lowest BCUT2D eigenvalue weighted by molar-refractivity contribution is -0.136. The van der Waals surface area contributed by atoms with E-state index >= 15 is 0 Å². The van der Waals surface area contributed by atoms with Gasteiger partial charge in [-0.05, 0) is 66.1 Å². The van der Waals surface area contributed by atoms with Crippen molar-refractivity contribution in [2.75, 3.05) is 13.2 Å². The molecule has 5 nitrogen and oxygen atoms in total. The van der Waals surface area contributed by atoms with Gasteiger partial charge < -0.3 is 14.6 Å². The molecule has 0 atom stereocenters. The van der Waals surface area contributed by atoms with Crippen molar-refractivity contribution >= 4 is 23.1 Å². The average molecular weight is 445 g/mol. The summed E-state index contributed by atoms with van der Waals surface area (Å²) >= 11 is 1.66. The summed E-state index contributed by atoms with van der Waals surface area (Å²) in [6, 6.07) is 3.76. The van der Waals surface area contributed by atoms with Gasteiger partial charge in [0.05, 0.1) is 18.8 Å². The number of thiophene rings is 1. The Kier molecular flexibility index (Phi) is 8.95. The molecule has 168 valence electrons. The Morgan fingerprint density at radius 1 is 1.10 bits per heavy atom. The molecule has 0 aliphatic carbocycles. The predicted molar refractivity (Wildman–Crippen MR) is 123 cm³/mol. The number of carbonyl (C=O) groups excluding carboxylic acids is 1. The van der Waals surface area contributed by atoms with Gasteiger partial charge in [0.15, 0.2) is 5.78 Å². The molecule has 1 aromatic heterocycles. The van der Waals surface area contributed by atoms with Crippen molar-refractivity contribution in [3.8, 4) is 11.5 Å². The molecule has 2 heterocycles. The van der Waals surface area contributed by atoms with E-state index in [0.717, 1.165) is 62.0 Å². The van der Waals surface area contributed by atoms with Crippen LogP contribution in [0.4, 0.5) is 0 Å². The fourth-order valence-corrected chi connectivity index (χ4v) is 4.92.